The Kier molecular flexibility index (Phi) is 5.78. The molecule has 1 aromatic rings. The molecular weight excluding hydrogens is 308 g/mol. The summed E-state index contributed by atoms with van der Waals surface area (Å²) in [6.07, 6.45) is 0. The maximum atomic E-state index is 11.0. The topological polar surface area (TPSA) is 110 Å². The van der Waals surface area contributed by atoms with Crippen LogP contribution in [0.4, 0.5) is 5.69 Å². The zero-order valence-corrected chi connectivity index (χ0v) is 11.9. The second kappa shape index (κ2) is 7.11. The molecule has 0 heterocycles. The van der Waals surface area contributed by atoms with Crippen LogP contribution in [-0.2, 0) is 9.59 Å². The second-order valence-electron chi connectivity index (χ2n) is 3.77. The number of carboxylic acid groups (broad SMARTS) is 1. The van der Waals surface area contributed by atoms with Crippen molar-refractivity contribution in [2.24, 2.45) is 0 Å². The van der Waals surface area contributed by atoms with Gasteiger partial charge in [0.15, 0.2) is 0 Å². The lowest BCUT2D eigenvalue weighted by Crippen LogP contribution is -2.41. The van der Waals surface area contributed by atoms with Gasteiger partial charge in [-0.2, -0.15) is 0 Å². The first kappa shape index (κ1) is 16.3. The van der Waals surface area contributed by atoms with Gasteiger partial charge in [-0.1, -0.05) is 11.6 Å². The van der Waals surface area contributed by atoms with Crippen LogP contribution in [-0.4, -0.2) is 33.7 Å². The van der Waals surface area contributed by atoms with Crippen LogP contribution < -0.4 is 5.32 Å². The van der Waals surface area contributed by atoms with Crippen molar-refractivity contribution in [3.05, 3.63) is 33.3 Å². The summed E-state index contributed by atoms with van der Waals surface area (Å²) in [5, 5.41) is 22.4. The van der Waals surface area contributed by atoms with E-state index >= 15 is 0 Å². The van der Waals surface area contributed by atoms with E-state index in [-0.39, 0.29) is 16.3 Å². The number of nitro groups is 1. The minimum atomic E-state index is -1.21. The van der Waals surface area contributed by atoms with E-state index in [1.54, 1.807) is 0 Å². The summed E-state index contributed by atoms with van der Waals surface area (Å²) in [6.45, 7) is 1.20. The molecule has 0 saturated heterocycles. The number of amides is 1. The zero-order chi connectivity index (χ0) is 15.3. The van der Waals surface area contributed by atoms with Crippen LogP contribution in [0.25, 0.3) is 0 Å². The Morgan fingerprint density at radius 1 is 1.55 bits per heavy atom. The van der Waals surface area contributed by atoms with Crippen molar-refractivity contribution in [1.29, 1.82) is 0 Å². The average Bonchev–Trinajstić information content (AvgIpc) is 2.33. The summed E-state index contributed by atoms with van der Waals surface area (Å²) in [6, 6.07) is 2.89. The highest BCUT2D eigenvalue weighted by atomic mass is 35.5. The van der Waals surface area contributed by atoms with Crippen LogP contribution in [0.15, 0.2) is 23.1 Å². The van der Waals surface area contributed by atoms with Gasteiger partial charge in [-0.3, -0.25) is 14.9 Å². The van der Waals surface area contributed by atoms with E-state index in [1.165, 1.54) is 25.1 Å². The monoisotopic (exact) mass is 318 g/mol. The molecule has 0 aromatic heterocycles. The molecule has 1 unspecified atom stereocenters. The zero-order valence-electron chi connectivity index (χ0n) is 10.3. The van der Waals surface area contributed by atoms with Crippen molar-refractivity contribution in [2.45, 2.75) is 17.9 Å². The number of hydrogen-bond acceptors (Lipinski definition) is 5. The van der Waals surface area contributed by atoms with Crippen molar-refractivity contribution in [3.63, 3.8) is 0 Å². The van der Waals surface area contributed by atoms with Gasteiger partial charge in [0.25, 0.3) is 5.69 Å². The number of benzene rings is 1. The van der Waals surface area contributed by atoms with Gasteiger partial charge in [-0.05, 0) is 12.1 Å². The summed E-state index contributed by atoms with van der Waals surface area (Å²) in [5.41, 5.74) is -0.161. The molecule has 7 nitrogen and oxygen atoms in total. The van der Waals surface area contributed by atoms with E-state index < -0.39 is 22.8 Å². The summed E-state index contributed by atoms with van der Waals surface area (Å²) >= 11 is 6.71. The standard InChI is InChI=1S/C11H11ClN2O5S/c1-6(15)13-8(11(16)17)5-20-10-4-7(12)2-3-9(10)14(18)19/h2-4,8H,5H2,1H3,(H,13,15)(H,16,17). The van der Waals surface area contributed by atoms with Crippen LogP contribution in [0.1, 0.15) is 6.92 Å². The number of rotatable bonds is 6. The molecular formula is C11H11ClN2O5S. The lowest BCUT2D eigenvalue weighted by molar-refractivity contribution is -0.387. The number of carbonyl (C=O) groups is 2. The summed E-state index contributed by atoms with van der Waals surface area (Å²) < 4.78 is 0. The van der Waals surface area contributed by atoms with Gasteiger partial charge in [0.1, 0.15) is 6.04 Å². The third-order valence-electron chi connectivity index (χ3n) is 2.20. The van der Waals surface area contributed by atoms with Crippen molar-refractivity contribution >= 4 is 40.9 Å². The lowest BCUT2D eigenvalue weighted by atomic mass is 10.3. The van der Waals surface area contributed by atoms with Gasteiger partial charge in [0.05, 0.1) is 9.82 Å². The Labute approximate surface area is 123 Å². The second-order valence-corrected chi connectivity index (χ2v) is 5.27. The van der Waals surface area contributed by atoms with Gasteiger partial charge in [-0.25, -0.2) is 4.79 Å². The summed E-state index contributed by atoms with van der Waals surface area (Å²) in [7, 11) is 0. The maximum absolute atomic E-state index is 11.0. The molecule has 0 aliphatic heterocycles. The molecule has 0 saturated carbocycles. The number of nitro benzene ring substituents is 1. The predicted molar refractivity (Wildman–Crippen MR) is 74.1 cm³/mol. The predicted octanol–water partition coefficient (Wildman–Crippen LogP) is 1.93. The first-order chi connectivity index (χ1) is 9.31. The van der Waals surface area contributed by atoms with Crippen LogP contribution in [0.2, 0.25) is 5.02 Å². The Morgan fingerprint density at radius 2 is 2.20 bits per heavy atom. The first-order valence-corrected chi connectivity index (χ1v) is 6.74. The molecule has 0 spiro atoms. The minimum absolute atomic E-state index is 0.0455. The number of nitrogens with one attached hydrogen (secondary N) is 1. The number of nitrogens with zero attached hydrogens (tertiary/aromatic N) is 1. The fourth-order valence-corrected chi connectivity index (χ4v) is 2.66. The van der Waals surface area contributed by atoms with Crippen LogP contribution >= 0.6 is 23.4 Å². The molecule has 0 aliphatic rings. The fraction of sp³-hybridized carbons (Fsp3) is 0.273. The van der Waals surface area contributed by atoms with Crippen LogP contribution in [0, 0.1) is 10.1 Å². The Hall–Kier alpha value is -1.80. The highest BCUT2D eigenvalue weighted by Gasteiger charge is 2.21. The smallest absolute Gasteiger partial charge is 0.327 e. The molecule has 0 bridgehead atoms. The van der Waals surface area contributed by atoms with Gasteiger partial charge in [0.2, 0.25) is 5.91 Å². The van der Waals surface area contributed by atoms with Gasteiger partial charge in [0, 0.05) is 23.8 Å². The fourth-order valence-electron chi connectivity index (χ4n) is 1.35. The normalized spacial score (nSPS) is 11.7. The van der Waals surface area contributed by atoms with Crippen LogP contribution in [0.3, 0.4) is 0 Å². The Morgan fingerprint density at radius 3 is 2.70 bits per heavy atom. The third-order valence-corrected chi connectivity index (χ3v) is 3.57. The third kappa shape index (κ3) is 4.71. The number of halogens is 1. The highest BCUT2D eigenvalue weighted by molar-refractivity contribution is 7.99. The number of thioether (sulfide) groups is 1. The molecule has 1 rings (SSSR count). The average molecular weight is 319 g/mol. The molecule has 1 atom stereocenters. The molecule has 9 heteroatoms. The van der Waals surface area contributed by atoms with E-state index in [0.29, 0.717) is 5.02 Å². The van der Waals surface area contributed by atoms with Gasteiger partial charge >= 0.3 is 5.97 Å². The molecule has 0 radical (unpaired) electrons. The first-order valence-electron chi connectivity index (χ1n) is 5.38. The summed E-state index contributed by atoms with van der Waals surface area (Å²) in [5.74, 6) is -1.74. The quantitative estimate of drug-likeness (QED) is 0.471. The maximum Gasteiger partial charge on any atom is 0.327 e. The lowest BCUT2D eigenvalue weighted by Gasteiger charge is -2.12. The van der Waals surface area contributed by atoms with E-state index in [4.69, 9.17) is 16.7 Å². The largest absolute Gasteiger partial charge is 0.480 e. The van der Waals surface area contributed by atoms with Gasteiger partial charge < -0.3 is 10.4 Å². The van der Waals surface area contributed by atoms with Crippen LogP contribution in [0.5, 0.6) is 0 Å². The number of carbonyl (C=O) groups excluding carboxylic acids is 1. The SMILES string of the molecule is CC(=O)NC(CSc1cc(Cl)ccc1[N+](=O)[O-])C(=O)O. The number of carboxylic acids is 1. The molecule has 1 amide bonds. The van der Waals surface area contributed by atoms with Crippen molar-refractivity contribution < 1.29 is 19.6 Å². The Bertz CT molecular complexity index is 552. The van der Waals surface area contributed by atoms with Crippen molar-refractivity contribution in [2.75, 3.05) is 5.75 Å². The van der Waals surface area contributed by atoms with E-state index in [9.17, 15) is 19.7 Å². The molecule has 2 N–H and O–H groups in total. The van der Waals surface area contributed by atoms with E-state index in [0.717, 1.165) is 11.8 Å². The molecule has 1 aromatic carbocycles. The molecule has 0 fully saturated rings. The summed E-state index contributed by atoms with van der Waals surface area (Å²) in [4.78, 5) is 32.4. The van der Waals surface area contributed by atoms with E-state index in [2.05, 4.69) is 5.32 Å². The highest BCUT2D eigenvalue weighted by Crippen LogP contribution is 2.32. The van der Waals surface area contributed by atoms with E-state index in [1.807, 2.05) is 0 Å². The van der Waals surface area contributed by atoms with Crippen molar-refractivity contribution in [1.82, 2.24) is 5.32 Å². The number of hydrogen-bond donors (Lipinski definition) is 2. The van der Waals surface area contributed by atoms with Gasteiger partial charge in [-0.15, -0.1) is 11.8 Å². The van der Waals surface area contributed by atoms with Crippen molar-refractivity contribution in [3.8, 4) is 0 Å². The molecule has 0 aliphatic carbocycles. The number of aliphatic carboxylic acids is 1. The molecule has 20 heavy (non-hydrogen) atoms. The minimum Gasteiger partial charge on any atom is -0.480 e. The Balaban J connectivity index is 2.87. The molecule has 108 valence electrons.